The first-order valence-corrected chi connectivity index (χ1v) is 7.09. The summed E-state index contributed by atoms with van der Waals surface area (Å²) < 4.78 is 11.1. The second kappa shape index (κ2) is 8.35. The normalized spacial score (nSPS) is 12.0. The molecule has 1 rings (SSSR count). The minimum atomic E-state index is 0.549. The van der Waals surface area contributed by atoms with Crippen molar-refractivity contribution < 1.29 is 9.15 Å². The van der Waals surface area contributed by atoms with Gasteiger partial charge in [0, 0.05) is 30.7 Å². The Morgan fingerprint density at radius 2 is 1.95 bits per heavy atom. The summed E-state index contributed by atoms with van der Waals surface area (Å²) in [6.07, 6.45) is 1.78. The molecular weight excluding hydrogens is 240 g/mol. The molecule has 0 aliphatic carbocycles. The van der Waals surface area contributed by atoms with Crippen LogP contribution in [0.1, 0.15) is 39.0 Å². The Balaban J connectivity index is 2.25. The predicted molar refractivity (Wildman–Crippen MR) is 78.1 cm³/mol. The molecule has 0 bridgehead atoms. The van der Waals surface area contributed by atoms with E-state index in [2.05, 4.69) is 37.9 Å². The van der Waals surface area contributed by atoms with Gasteiger partial charge in [-0.25, -0.2) is 0 Å². The van der Waals surface area contributed by atoms with Crippen molar-refractivity contribution in [2.45, 2.75) is 52.9 Å². The Bertz CT molecular complexity index is 340. The van der Waals surface area contributed by atoms with Crippen molar-refractivity contribution in [2.75, 3.05) is 20.2 Å². The molecule has 1 aromatic heterocycles. The molecule has 0 amide bonds. The minimum Gasteiger partial charge on any atom is -0.467 e. The summed E-state index contributed by atoms with van der Waals surface area (Å²) in [5.74, 6) is 0.894. The van der Waals surface area contributed by atoms with Gasteiger partial charge in [0.05, 0.1) is 12.9 Å². The lowest BCUT2D eigenvalue weighted by Gasteiger charge is -2.30. The molecule has 0 atom stereocenters. The van der Waals surface area contributed by atoms with Crippen LogP contribution in [0, 0.1) is 0 Å². The molecule has 0 unspecified atom stereocenters. The van der Waals surface area contributed by atoms with E-state index in [0.717, 1.165) is 31.0 Å². The molecule has 110 valence electrons. The van der Waals surface area contributed by atoms with E-state index in [1.54, 1.807) is 6.26 Å². The number of nitrogens with zero attached hydrogens (tertiary/aromatic N) is 1. The Morgan fingerprint density at radius 1 is 1.26 bits per heavy atom. The average Bonchev–Trinajstić information content (AvgIpc) is 2.76. The number of nitrogens with one attached hydrogen (secondary N) is 1. The van der Waals surface area contributed by atoms with E-state index >= 15 is 0 Å². The third kappa shape index (κ3) is 5.76. The van der Waals surface area contributed by atoms with Gasteiger partial charge in [-0.3, -0.25) is 4.90 Å². The van der Waals surface area contributed by atoms with Crippen LogP contribution < -0.4 is 5.32 Å². The third-order valence-electron chi connectivity index (χ3n) is 3.15. The molecule has 0 aliphatic rings. The van der Waals surface area contributed by atoms with Crippen molar-refractivity contribution in [2.24, 2.45) is 0 Å². The van der Waals surface area contributed by atoms with Gasteiger partial charge in [0.25, 0.3) is 0 Å². The third-order valence-corrected chi connectivity index (χ3v) is 3.15. The largest absolute Gasteiger partial charge is 0.467 e. The van der Waals surface area contributed by atoms with Gasteiger partial charge in [0.1, 0.15) is 12.4 Å². The van der Waals surface area contributed by atoms with Crippen LogP contribution in [0.25, 0.3) is 0 Å². The van der Waals surface area contributed by atoms with Crippen molar-refractivity contribution in [1.82, 2.24) is 10.2 Å². The standard InChI is InChI=1S/C15H28N2O2/c1-12(2)17(13(3)4)6-7-18-11-15-8-14(9-16-5)10-19-15/h8,10,12-13,16H,6-7,9,11H2,1-5H3. The van der Waals surface area contributed by atoms with E-state index in [9.17, 15) is 0 Å². The molecule has 1 N–H and O–H groups in total. The average molecular weight is 268 g/mol. The number of hydrogen-bond acceptors (Lipinski definition) is 4. The molecule has 4 heteroatoms. The molecule has 0 aliphatic heterocycles. The lowest BCUT2D eigenvalue weighted by atomic mass is 10.2. The molecule has 0 radical (unpaired) electrons. The summed E-state index contributed by atoms with van der Waals surface area (Å²) in [6.45, 7) is 11.9. The second-order valence-electron chi connectivity index (χ2n) is 5.43. The quantitative estimate of drug-likeness (QED) is 0.699. The van der Waals surface area contributed by atoms with E-state index in [4.69, 9.17) is 9.15 Å². The monoisotopic (exact) mass is 268 g/mol. The molecular formula is C15H28N2O2. The summed E-state index contributed by atoms with van der Waals surface area (Å²) in [5, 5.41) is 3.10. The highest BCUT2D eigenvalue weighted by Crippen LogP contribution is 2.09. The van der Waals surface area contributed by atoms with Crippen LogP contribution in [0.5, 0.6) is 0 Å². The van der Waals surface area contributed by atoms with Gasteiger partial charge in [0.15, 0.2) is 0 Å². The van der Waals surface area contributed by atoms with Crippen LogP contribution in [0.15, 0.2) is 16.7 Å². The van der Waals surface area contributed by atoms with Crippen molar-refractivity contribution in [3.05, 3.63) is 23.7 Å². The highest BCUT2D eigenvalue weighted by Gasteiger charge is 2.12. The van der Waals surface area contributed by atoms with Gasteiger partial charge < -0.3 is 14.5 Å². The highest BCUT2D eigenvalue weighted by molar-refractivity contribution is 5.11. The van der Waals surface area contributed by atoms with E-state index in [1.165, 1.54) is 0 Å². The molecule has 1 heterocycles. The SMILES string of the molecule is CNCc1coc(COCCN(C(C)C)C(C)C)c1. The Hall–Kier alpha value is -0.840. The molecule has 0 saturated carbocycles. The van der Waals surface area contributed by atoms with E-state index in [-0.39, 0.29) is 0 Å². The van der Waals surface area contributed by atoms with Gasteiger partial charge >= 0.3 is 0 Å². The molecule has 0 aromatic carbocycles. The Labute approximate surface area is 117 Å². The molecule has 19 heavy (non-hydrogen) atoms. The highest BCUT2D eigenvalue weighted by atomic mass is 16.5. The minimum absolute atomic E-state index is 0.549. The topological polar surface area (TPSA) is 37.6 Å². The number of ether oxygens (including phenoxy) is 1. The number of rotatable bonds is 9. The zero-order valence-electron chi connectivity index (χ0n) is 12.9. The molecule has 0 fully saturated rings. The van der Waals surface area contributed by atoms with Gasteiger partial charge in [0.2, 0.25) is 0 Å². The van der Waals surface area contributed by atoms with Crippen molar-refractivity contribution >= 4 is 0 Å². The molecule has 0 saturated heterocycles. The zero-order chi connectivity index (χ0) is 14.3. The summed E-state index contributed by atoms with van der Waals surface area (Å²) >= 11 is 0. The van der Waals surface area contributed by atoms with Crippen LogP contribution >= 0.6 is 0 Å². The summed E-state index contributed by atoms with van der Waals surface area (Å²) in [4.78, 5) is 2.43. The maximum absolute atomic E-state index is 5.69. The fourth-order valence-corrected chi connectivity index (χ4v) is 2.25. The van der Waals surface area contributed by atoms with Crippen molar-refractivity contribution in [3.8, 4) is 0 Å². The van der Waals surface area contributed by atoms with Crippen LogP contribution in [0.2, 0.25) is 0 Å². The fourth-order valence-electron chi connectivity index (χ4n) is 2.25. The predicted octanol–water partition coefficient (Wildman–Crippen LogP) is 2.63. The lowest BCUT2D eigenvalue weighted by Crippen LogP contribution is -2.39. The lowest BCUT2D eigenvalue weighted by molar-refractivity contribution is 0.0621. The van der Waals surface area contributed by atoms with Gasteiger partial charge in [-0.1, -0.05) is 0 Å². The Morgan fingerprint density at radius 3 is 2.53 bits per heavy atom. The summed E-state index contributed by atoms with van der Waals surface area (Å²) in [5.41, 5.74) is 1.16. The van der Waals surface area contributed by atoms with Crippen LogP contribution in [0.4, 0.5) is 0 Å². The number of furan rings is 1. The zero-order valence-corrected chi connectivity index (χ0v) is 12.9. The van der Waals surface area contributed by atoms with Crippen LogP contribution in [0.3, 0.4) is 0 Å². The first kappa shape index (κ1) is 16.2. The molecule has 0 spiro atoms. The van der Waals surface area contributed by atoms with Gasteiger partial charge in [-0.2, -0.15) is 0 Å². The van der Waals surface area contributed by atoms with Crippen LogP contribution in [-0.4, -0.2) is 37.2 Å². The molecule has 4 nitrogen and oxygen atoms in total. The van der Waals surface area contributed by atoms with Crippen molar-refractivity contribution in [3.63, 3.8) is 0 Å². The van der Waals surface area contributed by atoms with E-state index in [0.29, 0.717) is 18.7 Å². The fraction of sp³-hybridized carbons (Fsp3) is 0.733. The molecule has 1 aromatic rings. The first-order chi connectivity index (χ1) is 9.04. The maximum Gasteiger partial charge on any atom is 0.129 e. The van der Waals surface area contributed by atoms with Crippen LogP contribution in [-0.2, 0) is 17.9 Å². The summed E-state index contributed by atoms with van der Waals surface area (Å²) in [7, 11) is 1.93. The van der Waals surface area contributed by atoms with E-state index < -0.39 is 0 Å². The number of hydrogen-bond donors (Lipinski definition) is 1. The Kier molecular flexibility index (Phi) is 7.13. The van der Waals surface area contributed by atoms with Gasteiger partial charge in [-0.05, 0) is 40.8 Å². The maximum atomic E-state index is 5.69. The first-order valence-electron chi connectivity index (χ1n) is 7.09. The smallest absolute Gasteiger partial charge is 0.129 e. The summed E-state index contributed by atoms with van der Waals surface area (Å²) in [6, 6.07) is 3.14. The van der Waals surface area contributed by atoms with Gasteiger partial charge in [-0.15, -0.1) is 0 Å². The second-order valence-corrected chi connectivity index (χ2v) is 5.43. The van der Waals surface area contributed by atoms with E-state index in [1.807, 2.05) is 13.1 Å². The van der Waals surface area contributed by atoms with Crippen molar-refractivity contribution in [1.29, 1.82) is 0 Å².